The van der Waals surface area contributed by atoms with Gasteiger partial charge in [0.05, 0.1) is 13.2 Å². The van der Waals surface area contributed by atoms with E-state index in [9.17, 15) is 17.6 Å². The molecule has 2 aromatic rings. The Morgan fingerprint density at radius 3 is 2.39 bits per heavy atom. The molecule has 0 saturated heterocycles. The summed E-state index contributed by atoms with van der Waals surface area (Å²) in [7, 11) is 0.561. The van der Waals surface area contributed by atoms with E-state index >= 15 is 0 Å². The number of nitrogens with zero attached hydrogens (tertiary/aromatic N) is 1. The van der Waals surface area contributed by atoms with Crippen LogP contribution in [-0.4, -0.2) is 39.8 Å². The number of halogens is 1. The maximum Gasteiger partial charge on any atom is 0.246 e. The predicted octanol–water partition coefficient (Wildman–Crippen LogP) is 2.98. The molecule has 0 aliphatic carbocycles. The fourth-order valence-corrected chi connectivity index (χ4v) is 3.55. The van der Waals surface area contributed by atoms with Gasteiger partial charge in [-0.15, -0.1) is 0 Å². The van der Waals surface area contributed by atoms with Gasteiger partial charge in [0.25, 0.3) is 0 Å². The Labute approximate surface area is 164 Å². The van der Waals surface area contributed by atoms with Crippen molar-refractivity contribution in [2.45, 2.75) is 17.9 Å². The van der Waals surface area contributed by atoms with Crippen molar-refractivity contribution in [3.63, 3.8) is 0 Å². The number of nitrogens with one attached hydrogen (secondary N) is 1. The average molecular weight is 406 g/mol. The maximum atomic E-state index is 13.0. The second-order valence-electron chi connectivity index (χ2n) is 6.31. The third kappa shape index (κ3) is 5.17. The first-order valence-corrected chi connectivity index (χ1v) is 9.93. The molecule has 6 nitrogen and oxygen atoms in total. The normalized spacial score (nSPS) is 12.9. The van der Waals surface area contributed by atoms with E-state index < -0.39 is 10.0 Å². The molecule has 0 aliphatic rings. The lowest BCUT2D eigenvalue weighted by molar-refractivity contribution is -0.117. The number of carbonyl (C=O) groups is 1. The van der Waals surface area contributed by atoms with E-state index in [1.54, 1.807) is 25.1 Å². The van der Waals surface area contributed by atoms with Gasteiger partial charge in [0, 0.05) is 20.2 Å². The molecule has 0 bridgehead atoms. The number of hydrogen-bond acceptors (Lipinski definition) is 4. The first kappa shape index (κ1) is 21.6. The van der Waals surface area contributed by atoms with Crippen LogP contribution in [0.2, 0.25) is 0 Å². The Balaban J connectivity index is 2.17. The number of methoxy groups -OCH3 is 1. The molecular weight excluding hydrogens is 383 g/mol. The molecule has 1 N–H and O–H groups in total. The van der Waals surface area contributed by atoms with Gasteiger partial charge in [-0.25, -0.2) is 17.1 Å². The van der Waals surface area contributed by atoms with Crippen molar-refractivity contribution in [2.24, 2.45) is 0 Å². The summed E-state index contributed by atoms with van der Waals surface area (Å²) in [6.07, 6.45) is 2.83. The van der Waals surface area contributed by atoms with Crippen LogP contribution < -0.4 is 10.1 Å². The second kappa shape index (κ2) is 8.99. The van der Waals surface area contributed by atoms with Crippen molar-refractivity contribution in [2.75, 3.05) is 21.2 Å². The van der Waals surface area contributed by atoms with Gasteiger partial charge in [0.1, 0.15) is 16.5 Å². The lowest BCUT2D eigenvalue weighted by Crippen LogP contribution is -2.24. The molecule has 2 rings (SSSR count). The fourth-order valence-electron chi connectivity index (χ4n) is 2.46. The van der Waals surface area contributed by atoms with Crippen molar-refractivity contribution < 1.29 is 22.3 Å². The van der Waals surface area contributed by atoms with Gasteiger partial charge in [-0.1, -0.05) is 18.2 Å². The lowest BCUT2D eigenvalue weighted by atomic mass is 10.1. The summed E-state index contributed by atoms with van der Waals surface area (Å²) in [5, 5.41) is 2.77. The third-order valence-corrected chi connectivity index (χ3v) is 5.94. The van der Waals surface area contributed by atoms with Crippen LogP contribution in [0.25, 0.3) is 6.08 Å². The van der Waals surface area contributed by atoms with Crippen LogP contribution in [0, 0.1) is 5.82 Å². The highest BCUT2D eigenvalue weighted by Gasteiger charge is 2.22. The maximum absolute atomic E-state index is 13.0. The molecule has 0 aliphatic heterocycles. The number of ether oxygens (including phenoxy) is 1. The molecule has 1 amide bonds. The van der Waals surface area contributed by atoms with Crippen molar-refractivity contribution in [3.8, 4) is 5.75 Å². The van der Waals surface area contributed by atoms with E-state index in [1.807, 2.05) is 0 Å². The summed E-state index contributed by atoms with van der Waals surface area (Å²) in [6, 6.07) is 10.2. The molecule has 0 heterocycles. The van der Waals surface area contributed by atoms with Gasteiger partial charge >= 0.3 is 0 Å². The second-order valence-corrected chi connectivity index (χ2v) is 8.43. The molecule has 1 atom stereocenters. The Kier molecular flexibility index (Phi) is 6.93. The number of carbonyl (C=O) groups excluding carboxylic acids is 1. The van der Waals surface area contributed by atoms with Crippen LogP contribution in [0.5, 0.6) is 5.75 Å². The van der Waals surface area contributed by atoms with Crippen LogP contribution in [0.4, 0.5) is 4.39 Å². The molecule has 0 saturated carbocycles. The summed E-state index contributed by atoms with van der Waals surface area (Å²) in [5.74, 6) is -0.477. The zero-order chi connectivity index (χ0) is 20.9. The number of amides is 1. The zero-order valence-electron chi connectivity index (χ0n) is 16.1. The Hall–Kier alpha value is -2.71. The van der Waals surface area contributed by atoms with Crippen molar-refractivity contribution in [1.82, 2.24) is 9.62 Å². The molecule has 150 valence electrons. The molecular formula is C20H23FN2O4S. The topological polar surface area (TPSA) is 75.7 Å². The van der Waals surface area contributed by atoms with Gasteiger partial charge in [0.15, 0.2) is 0 Å². The van der Waals surface area contributed by atoms with Crippen LogP contribution in [0.15, 0.2) is 53.4 Å². The number of sulfonamides is 1. The monoisotopic (exact) mass is 406 g/mol. The molecule has 0 radical (unpaired) electrons. The van der Waals surface area contributed by atoms with Gasteiger partial charge in [-0.2, -0.15) is 0 Å². The van der Waals surface area contributed by atoms with Crippen LogP contribution in [-0.2, 0) is 14.8 Å². The molecule has 0 unspecified atom stereocenters. The minimum atomic E-state index is -3.70. The van der Waals surface area contributed by atoms with Crippen LogP contribution in [0.3, 0.4) is 0 Å². The Morgan fingerprint density at radius 2 is 1.82 bits per heavy atom. The highest BCUT2D eigenvalue weighted by molar-refractivity contribution is 7.89. The third-order valence-electron chi connectivity index (χ3n) is 4.10. The standard InChI is InChI=1S/C20H23FN2O4S/c1-14(16-7-9-17(21)10-8-16)22-20(24)12-6-15-5-11-18(27-4)19(13-15)28(25,26)23(2)3/h5-14H,1-4H3,(H,22,24)/b12-6+/t14-/m1/s1. The van der Waals surface area contributed by atoms with Crippen LogP contribution in [0.1, 0.15) is 24.1 Å². The first-order valence-electron chi connectivity index (χ1n) is 8.49. The fraction of sp³-hybridized carbons (Fsp3) is 0.250. The van der Waals surface area contributed by atoms with E-state index in [-0.39, 0.29) is 28.4 Å². The molecule has 2 aromatic carbocycles. The lowest BCUT2D eigenvalue weighted by Gasteiger charge is -2.15. The minimum absolute atomic E-state index is 0.0160. The summed E-state index contributed by atoms with van der Waals surface area (Å²) in [6.45, 7) is 1.79. The molecule has 28 heavy (non-hydrogen) atoms. The number of rotatable bonds is 7. The SMILES string of the molecule is COc1ccc(/C=C/C(=O)N[C@H](C)c2ccc(F)cc2)cc1S(=O)(=O)N(C)C. The van der Waals surface area contributed by atoms with E-state index in [4.69, 9.17) is 4.74 Å². The summed E-state index contributed by atoms with van der Waals surface area (Å²) < 4.78 is 44.1. The molecule has 0 fully saturated rings. The zero-order valence-corrected chi connectivity index (χ0v) is 17.0. The van der Waals surface area contributed by atoms with E-state index in [1.165, 1.54) is 57.6 Å². The first-order chi connectivity index (χ1) is 13.1. The number of benzene rings is 2. The average Bonchev–Trinajstić information content (AvgIpc) is 2.66. The van der Waals surface area contributed by atoms with Gasteiger partial charge < -0.3 is 10.1 Å². The van der Waals surface area contributed by atoms with Crippen molar-refractivity contribution in [3.05, 3.63) is 65.5 Å². The quantitative estimate of drug-likeness (QED) is 0.718. The van der Waals surface area contributed by atoms with E-state index in [2.05, 4.69) is 5.32 Å². The van der Waals surface area contributed by atoms with E-state index in [0.717, 1.165) is 9.87 Å². The van der Waals surface area contributed by atoms with Gasteiger partial charge in [-0.05, 0) is 48.4 Å². The van der Waals surface area contributed by atoms with Crippen molar-refractivity contribution >= 4 is 22.0 Å². The molecule has 8 heteroatoms. The van der Waals surface area contributed by atoms with Crippen molar-refractivity contribution in [1.29, 1.82) is 0 Å². The van der Waals surface area contributed by atoms with Gasteiger partial charge in [0.2, 0.25) is 15.9 Å². The minimum Gasteiger partial charge on any atom is -0.495 e. The highest BCUT2D eigenvalue weighted by Crippen LogP contribution is 2.27. The van der Waals surface area contributed by atoms with Crippen LogP contribution >= 0.6 is 0 Å². The summed E-state index contributed by atoms with van der Waals surface area (Å²) in [4.78, 5) is 12.2. The Bertz CT molecular complexity index is 970. The summed E-state index contributed by atoms with van der Waals surface area (Å²) in [5.41, 5.74) is 1.30. The highest BCUT2D eigenvalue weighted by atomic mass is 32.2. The van der Waals surface area contributed by atoms with E-state index in [0.29, 0.717) is 5.56 Å². The largest absolute Gasteiger partial charge is 0.495 e. The number of hydrogen-bond donors (Lipinski definition) is 1. The Morgan fingerprint density at radius 1 is 1.18 bits per heavy atom. The molecule has 0 spiro atoms. The molecule has 0 aromatic heterocycles. The van der Waals surface area contributed by atoms with Gasteiger partial charge in [-0.3, -0.25) is 4.79 Å². The smallest absolute Gasteiger partial charge is 0.246 e. The predicted molar refractivity (Wildman–Crippen MR) is 106 cm³/mol. The summed E-state index contributed by atoms with van der Waals surface area (Å²) >= 11 is 0.